The predicted octanol–water partition coefficient (Wildman–Crippen LogP) is 4.79. The number of nitrogens with zero attached hydrogens (tertiary/aromatic N) is 1. The molecule has 0 aliphatic heterocycles. The van der Waals surface area contributed by atoms with Gasteiger partial charge in [-0.05, 0) is 27.8 Å². The topological polar surface area (TPSA) is 12.5 Å². The molecule has 0 aromatic carbocycles. The molecule has 2 nitrogen and oxygen atoms in total. The van der Waals surface area contributed by atoms with Crippen molar-refractivity contribution in [2.75, 3.05) is 7.05 Å². The zero-order valence-corrected chi connectivity index (χ0v) is 13.3. The molecule has 0 saturated heterocycles. The summed E-state index contributed by atoms with van der Waals surface area (Å²) in [5, 5.41) is 0. The van der Waals surface area contributed by atoms with Crippen LogP contribution in [0.25, 0.3) is 0 Å². The largest absolute Gasteiger partial charge is 0.460 e. The fourth-order valence-corrected chi connectivity index (χ4v) is 1.73. The summed E-state index contributed by atoms with van der Waals surface area (Å²) in [6, 6.07) is -2.59. The van der Waals surface area contributed by atoms with E-state index in [-0.39, 0.29) is 14.0 Å². The minimum atomic E-state index is -5.98. The van der Waals surface area contributed by atoms with Crippen molar-refractivity contribution in [2.45, 2.75) is 69.5 Å². The van der Waals surface area contributed by atoms with Gasteiger partial charge >= 0.3 is 18.4 Å². The third kappa shape index (κ3) is 5.56. The highest BCUT2D eigenvalue weighted by molar-refractivity contribution is 4.92. The second kappa shape index (κ2) is 7.41. The van der Waals surface area contributed by atoms with Gasteiger partial charge in [0.15, 0.2) is 0 Å². The molecule has 0 amide bonds. The van der Waals surface area contributed by atoms with Crippen molar-refractivity contribution in [3.05, 3.63) is 0 Å². The lowest BCUT2D eigenvalue weighted by molar-refractivity contribution is -0.301. The summed E-state index contributed by atoms with van der Waals surface area (Å²) in [5.74, 6) is -9.61. The van der Waals surface area contributed by atoms with Crippen LogP contribution in [0, 0.1) is 0 Å². The summed E-state index contributed by atoms with van der Waals surface area (Å²) in [6.45, 7) is 1.03. The Balaban J connectivity index is 5.27. The first-order valence-corrected chi connectivity index (χ1v) is 6.68. The molecule has 0 bridgehead atoms. The van der Waals surface area contributed by atoms with Crippen molar-refractivity contribution in [3.63, 3.8) is 0 Å². The first-order chi connectivity index (χ1) is 10.8. The van der Waals surface area contributed by atoms with Crippen LogP contribution >= 0.6 is 0 Å². The van der Waals surface area contributed by atoms with Crippen LogP contribution in [0.4, 0.5) is 48.3 Å². The van der Waals surface area contributed by atoms with Gasteiger partial charge in [-0.2, -0.15) is 26.3 Å². The molecule has 152 valence electrons. The Morgan fingerprint density at radius 1 is 0.720 bits per heavy atom. The third-order valence-corrected chi connectivity index (χ3v) is 3.66. The molecule has 0 N–H and O–H groups in total. The van der Waals surface area contributed by atoms with Crippen molar-refractivity contribution in [2.24, 2.45) is 0 Å². The van der Waals surface area contributed by atoms with Gasteiger partial charge in [-0.25, -0.2) is 26.9 Å². The summed E-state index contributed by atoms with van der Waals surface area (Å²) in [6.07, 6.45) is -21.5. The van der Waals surface area contributed by atoms with Crippen LogP contribution in [0.1, 0.15) is 20.8 Å². The molecule has 0 aliphatic carbocycles. The van der Waals surface area contributed by atoms with Gasteiger partial charge in [-0.1, -0.05) is 0 Å². The van der Waals surface area contributed by atoms with E-state index >= 15 is 0 Å². The third-order valence-electron chi connectivity index (χ3n) is 3.66. The smallest absolute Gasteiger partial charge is 0.363 e. The molecular formula is C12H16F11NO. The Morgan fingerprint density at radius 2 is 1.08 bits per heavy atom. The summed E-state index contributed by atoms with van der Waals surface area (Å²) in [4.78, 5) is -0.719. The number of hydrogen-bond donors (Lipinski definition) is 0. The maximum Gasteiger partial charge on any atom is 0.460 e. The summed E-state index contributed by atoms with van der Waals surface area (Å²) >= 11 is 0. The van der Waals surface area contributed by atoms with Crippen LogP contribution in [0.15, 0.2) is 0 Å². The number of alkyl halides is 11. The van der Waals surface area contributed by atoms with Crippen LogP contribution in [0.5, 0.6) is 0 Å². The lowest BCUT2D eigenvalue weighted by Crippen LogP contribution is -2.57. The fourth-order valence-electron chi connectivity index (χ4n) is 1.73. The zero-order chi connectivity index (χ0) is 20.6. The van der Waals surface area contributed by atoms with E-state index in [0.29, 0.717) is 13.8 Å². The normalized spacial score (nSPS) is 19.7. The molecule has 4 unspecified atom stereocenters. The summed E-state index contributed by atoms with van der Waals surface area (Å²) < 4.78 is 145. The van der Waals surface area contributed by atoms with E-state index in [1.165, 1.54) is 0 Å². The molecule has 25 heavy (non-hydrogen) atoms. The van der Waals surface area contributed by atoms with E-state index < -0.39 is 53.6 Å². The lowest BCUT2D eigenvalue weighted by atomic mass is 10.0. The summed E-state index contributed by atoms with van der Waals surface area (Å²) in [5.41, 5.74) is 0. The first kappa shape index (κ1) is 24.1. The molecule has 0 aliphatic rings. The van der Waals surface area contributed by atoms with E-state index in [1.807, 2.05) is 0 Å². The van der Waals surface area contributed by atoms with Gasteiger partial charge in [0.05, 0.1) is 6.04 Å². The molecule has 0 rings (SSSR count). The average molecular weight is 399 g/mol. The van der Waals surface area contributed by atoms with E-state index in [9.17, 15) is 48.3 Å². The van der Waals surface area contributed by atoms with Gasteiger partial charge in [-0.15, -0.1) is 0 Å². The Kier molecular flexibility index (Phi) is 7.16. The molecule has 0 saturated carbocycles. The number of halogens is 11. The van der Waals surface area contributed by atoms with E-state index in [2.05, 4.69) is 4.74 Å². The van der Waals surface area contributed by atoms with E-state index in [4.69, 9.17) is 0 Å². The van der Waals surface area contributed by atoms with Crippen molar-refractivity contribution in [1.29, 1.82) is 0 Å². The van der Waals surface area contributed by atoms with Crippen LogP contribution in [0.3, 0.4) is 0 Å². The van der Waals surface area contributed by atoms with Crippen molar-refractivity contribution in [1.82, 2.24) is 4.90 Å². The lowest BCUT2D eigenvalue weighted by Gasteiger charge is -2.38. The van der Waals surface area contributed by atoms with Crippen molar-refractivity contribution >= 4 is 0 Å². The Hall–Kier alpha value is -0.850. The van der Waals surface area contributed by atoms with Gasteiger partial charge in [0.25, 0.3) is 12.1 Å². The van der Waals surface area contributed by atoms with Gasteiger partial charge < -0.3 is 4.74 Å². The van der Waals surface area contributed by atoms with Crippen LogP contribution in [-0.4, -0.2) is 60.7 Å². The minimum Gasteiger partial charge on any atom is -0.363 e. The maximum absolute atomic E-state index is 13.9. The zero-order valence-electron chi connectivity index (χ0n) is 13.3. The second-order valence-corrected chi connectivity index (χ2v) is 5.43. The standard InChI is InChI=1S/C12H16F11NO/c1-5(24(4)12(21,22)23)9(14,15)6(2)25-7(3)10(16,17)8(13)11(18,19)20/h5-8H,1-4H3. The summed E-state index contributed by atoms with van der Waals surface area (Å²) in [7, 11) is 0.268. The van der Waals surface area contributed by atoms with Crippen molar-refractivity contribution < 1.29 is 53.0 Å². The van der Waals surface area contributed by atoms with Gasteiger partial charge in [0, 0.05) is 0 Å². The molecule has 0 spiro atoms. The molecule has 0 fully saturated rings. The van der Waals surface area contributed by atoms with Crippen LogP contribution in [0.2, 0.25) is 0 Å². The fraction of sp³-hybridized carbons (Fsp3) is 1.00. The van der Waals surface area contributed by atoms with E-state index in [1.54, 1.807) is 0 Å². The quantitative estimate of drug-likeness (QED) is 0.451. The Bertz CT molecular complexity index is 434. The molecule has 4 atom stereocenters. The molecule has 13 heteroatoms. The van der Waals surface area contributed by atoms with Gasteiger partial charge in [-0.3, -0.25) is 0 Å². The molecule has 0 heterocycles. The minimum absolute atomic E-state index is 0.211. The maximum atomic E-state index is 13.9. The highest BCUT2D eigenvalue weighted by Crippen LogP contribution is 2.40. The number of hydrogen-bond acceptors (Lipinski definition) is 2. The number of rotatable bonds is 7. The molecule has 0 aromatic heterocycles. The van der Waals surface area contributed by atoms with Gasteiger partial charge in [0.2, 0.25) is 0 Å². The average Bonchev–Trinajstić information content (AvgIpc) is 2.42. The van der Waals surface area contributed by atoms with E-state index in [0.717, 1.165) is 0 Å². The predicted molar refractivity (Wildman–Crippen MR) is 64.1 cm³/mol. The SMILES string of the molecule is CC(OC(C)C(F)(F)C(F)C(F)(F)F)C(F)(F)C(C)N(C)C(F)(F)F. The molecular weight excluding hydrogens is 383 g/mol. The van der Waals surface area contributed by atoms with Gasteiger partial charge in [0.1, 0.15) is 12.2 Å². The number of ether oxygens (including phenoxy) is 1. The highest BCUT2D eigenvalue weighted by Gasteiger charge is 2.61. The van der Waals surface area contributed by atoms with Crippen molar-refractivity contribution in [3.8, 4) is 0 Å². The first-order valence-electron chi connectivity index (χ1n) is 6.68. The van der Waals surface area contributed by atoms with Crippen LogP contribution < -0.4 is 0 Å². The molecule has 0 radical (unpaired) electrons. The highest BCUT2D eigenvalue weighted by atomic mass is 19.4. The molecule has 0 aromatic rings. The Labute approximate surface area is 135 Å². The monoisotopic (exact) mass is 399 g/mol. The van der Waals surface area contributed by atoms with Crippen LogP contribution in [-0.2, 0) is 4.74 Å². The Morgan fingerprint density at radius 3 is 1.40 bits per heavy atom. The second-order valence-electron chi connectivity index (χ2n) is 5.43.